The number of hydrogen-bond acceptors (Lipinski definition) is 4. The van der Waals surface area contributed by atoms with Gasteiger partial charge in [0, 0.05) is 31.8 Å². The highest BCUT2D eigenvalue weighted by molar-refractivity contribution is 5.74. The second kappa shape index (κ2) is 9.95. The van der Waals surface area contributed by atoms with Crippen molar-refractivity contribution in [2.24, 2.45) is 5.92 Å². The fraction of sp³-hybridized carbons (Fsp3) is 0.667. The molecule has 27 heavy (non-hydrogen) atoms. The van der Waals surface area contributed by atoms with Crippen molar-refractivity contribution in [3.63, 3.8) is 0 Å². The van der Waals surface area contributed by atoms with Crippen molar-refractivity contribution < 1.29 is 14.6 Å². The molecule has 1 aromatic rings. The second-order valence-corrected chi connectivity index (χ2v) is 7.90. The Hall–Kier alpha value is -1.79. The van der Waals surface area contributed by atoms with Crippen molar-refractivity contribution in [2.75, 3.05) is 39.3 Å². The van der Waals surface area contributed by atoms with Crippen LogP contribution in [0.5, 0.6) is 5.75 Å². The molecular weight excluding hydrogens is 342 g/mol. The van der Waals surface area contributed by atoms with Gasteiger partial charge < -0.3 is 25.0 Å². The molecule has 0 spiro atoms. The monoisotopic (exact) mass is 375 g/mol. The van der Waals surface area contributed by atoms with E-state index in [1.54, 1.807) is 17.0 Å². The van der Waals surface area contributed by atoms with Crippen LogP contribution in [0.25, 0.3) is 0 Å². The maximum absolute atomic E-state index is 12.8. The first-order valence-electron chi connectivity index (χ1n) is 10.3. The lowest BCUT2D eigenvalue weighted by Gasteiger charge is -2.31. The van der Waals surface area contributed by atoms with Gasteiger partial charge in [-0.1, -0.05) is 25.1 Å². The summed E-state index contributed by atoms with van der Waals surface area (Å²) < 4.78 is 5.72. The molecule has 1 unspecified atom stereocenters. The van der Waals surface area contributed by atoms with Crippen LogP contribution in [0.2, 0.25) is 0 Å². The average Bonchev–Trinajstić information content (AvgIpc) is 3.17. The lowest BCUT2D eigenvalue weighted by Crippen LogP contribution is -2.46. The Labute approximate surface area is 162 Å². The average molecular weight is 376 g/mol. The molecule has 2 fully saturated rings. The Morgan fingerprint density at radius 3 is 2.78 bits per heavy atom. The topological polar surface area (TPSA) is 65.0 Å². The van der Waals surface area contributed by atoms with Gasteiger partial charge in [0.05, 0.1) is 12.6 Å². The van der Waals surface area contributed by atoms with Crippen molar-refractivity contribution >= 4 is 6.03 Å². The fourth-order valence-electron chi connectivity index (χ4n) is 3.82. The molecule has 3 rings (SSSR count). The summed E-state index contributed by atoms with van der Waals surface area (Å²) in [6.07, 6.45) is 4.60. The molecule has 0 radical (unpaired) electrons. The Morgan fingerprint density at radius 1 is 1.30 bits per heavy atom. The van der Waals surface area contributed by atoms with Crippen molar-refractivity contribution in [3.8, 4) is 5.75 Å². The van der Waals surface area contributed by atoms with E-state index in [4.69, 9.17) is 4.74 Å². The molecule has 0 saturated carbocycles. The lowest BCUT2D eigenvalue weighted by atomic mass is 9.99. The summed E-state index contributed by atoms with van der Waals surface area (Å²) in [4.78, 5) is 17.0. The zero-order chi connectivity index (χ0) is 19.1. The fourth-order valence-corrected chi connectivity index (χ4v) is 3.82. The van der Waals surface area contributed by atoms with Gasteiger partial charge in [0.1, 0.15) is 5.75 Å². The molecule has 2 aliphatic heterocycles. The van der Waals surface area contributed by atoms with Crippen molar-refractivity contribution in [1.29, 1.82) is 0 Å². The SMILES string of the molecule is CC1CCN(CCNC(=O)N(Cc2ccccc2O)CC2CCCO2)CC1. The van der Waals surface area contributed by atoms with Crippen LogP contribution in [0.3, 0.4) is 0 Å². The third-order valence-corrected chi connectivity index (χ3v) is 5.67. The highest BCUT2D eigenvalue weighted by Gasteiger charge is 2.23. The van der Waals surface area contributed by atoms with Crippen molar-refractivity contribution in [3.05, 3.63) is 29.8 Å². The third kappa shape index (κ3) is 6.11. The van der Waals surface area contributed by atoms with Gasteiger partial charge in [-0.25, -0.2) is 4.79 Å². The molecule has 2 saturated heterocycles. The number of aromatic hydroxyl groups is 1. The lowest BCUT2D eigenvalue weighted by molar-refractivity contribution is 0.0790. The Balaban J connectivity index is 1.52. The largest absolute Gasteiger partial charge is 0.508 e. The number of ether oxygens (including phenoxy) is 1. The number of likely N-dealkylation sites (tertiary alicyclic amines) is 1. The normalized spacial score (nSPS) is 21.3. The molecule has 2 heterocycles. The van der Waals surface area contributed by atoms with Crippen LogP contribution in [0.4, 0.5) is 4.79 Å². The molecule has 150 valence electrons. The van der Waals surface area contributed by atoms with Gasteiger partial charge in [-0.2, -0.15) is 0 Å². The zero-order valence-corrected chi connectivity index (χ0v) is 16.4. The summed E-state index contributed by atoms with van der Waals surface area (Å²) in [5, 5.41) is 13.1. The summed E-state index contributed by atoms with van der Waals surface area (Å²) in [7, 11) is 0. The Bertz CT molecular complexity index is 596. The minimum atomic E-state index is -0.0841. The molecule has 6 heteroatoms. The number of hydrogen-bond donors (Lipinski definition) is 2. The number of phenols is 1. The highest BCUT2D eigenvalue weighted by Crippen LogP contribution is 2.20. The van der Waals surface area contributed by atoms with E-state index in [1.807, 2.05) is 12.1 Å². The second-order valence-electron chi connectivity index (χ2n) is 7.90. The minimum absolute atomic E-state index is 0.0841. The first-order valence-corrected chi connectivity index (χ1v) is 10.3. The number of nitrogens with one attached hydrogen (secondary N) is 1. The summed E-state index contributed by atoms with van der Waals surface area (Å²) in [5.74, 6) is 1.04. The molecule has 0 aromatic heterocycles. The summed E-state index contributed by atoms with van der Waals surface area (Å²) in [6.45, 7) is 7.80. The van der Waals surface area contributed by atoms with Crippen molar-refractivity contribution in [2.45, 2.75) is 45.3 Å². The van der Waals surface area contributed by atoms with E-state index in [-0.39, 0.29) is 17.9 Å². The van der Waals surface area contributed by atoms with E-state index in [0.717, 1.165) is 50.6 Å². The van der Waals surface area contributed by atoms with E-state index >= 15 is 0 Å². The Kier molecular flexibility index (Phi) is 7.35. The molecule has 6 nitrogen and oxygen atoms in total. The molecule has 0 aliphatic carbocycles. The summed E-state index contributed by atoms with van der Waals surface area (Å²) in [5.41, 5.74) is 0.760. The van der Waals surface area contributed by atoms with Crippen LogP contribution >= 0.6 is 0 Å². The van der Waals surface area contributed by atoms with Crippen LogP contribution in [-0.4, -0.2) is 66.4 Å². The van der Waals surface area contributed by atoms with Gasteiger partial charge in [0.25, 0.3) is 0 Å². The number of carbonyl (C=O) groups excluding carboxylic acids is 1. The van der Waals surface area contributed by atoms with Crippen LogP contribution in [0, 0.1) is 5.92 Å². The van der Waals surface area contributed by atoms with E-state index in [9.17, 15) is 9.90 Å². The number of nitrogens with zero attached hydrogens (tertiary/aromatic N) is 2. The maximum Gasteiger partial charge on any atom is 0.317 e. The van der Waals surface area contributed by atoms with E-state index < -0.39 is 0 Å². The predicted octanol–water partition coefficient (Wildman–Crippen LogP) is 2.81. The van der Waals surface area contributed by atoms with Crippen molar-refractivity contribution in [1.82, 2.24) is 15.1 Å². The first kappa shape index (κ1) is 20.0. The summed E-state index contributed by atoms with van der Waals surface area (Å²) >= 11 is 0. The van der Waals surface area contributed by atoms with E-state index in [0.29, 0.717) is 19.6 Å². The number of para-hydroxylation sites is 1. The van der Waals surface area contributed by atoms with Gasteiger partial charge in [-0.15, -0.1) is 0 Å². The molecule has 2 aliphatic rings. The maximum atomic E-state index is 12.8. The standard InChI is InChI=1S/C21H33N3O3/c1-17-8-11-23(12-9-17)13-10-22-21(26)24(16-19-6-4-14-27-19)15-18-5-2-3-7-20(18)25/h2-3,5,7,17,19,25H,4,6,8-16H2,1H3,(H,22,26). The van der Waals surface area contributed by atoms with Gasteiger partial charge in [0.15, 0.2) is 0 Å². The minimum Gasteiger partial charge on any atom is -0.508 e. The molecule has 2 N–H and O–H groups in total. The predicted molar refractivity (Wildman–Crippen MR) is 106 cm³/mol. The molecule has 1 aromatic carbocycles. The number of carbonyl (C=O) groups is 1. The third-order valence-electron chi connectivity index (χ3n) is 5.67. The molecular formula is C21H33N3O3. The number of piperidine rings is 1. The number of urea groups is 1. The van der Waals surface area contributed by atoms with Crippen LogP contribution in [0.1, 0.15) is 38.2 Å². The molecule has 0 bridgehead atoms. The molecule has 1 atom stereocenters. The quantitative estimate of drug-likeness (QED) is 0.769. The first-order chi connectivity index (χ1) is 13.1. The number of benzene rings is 1. The van der Waals surface area contributed by atoms with Crippen LogP contribution in [0.15, 0.2) is 24.3 Å². The number of rotatable bonds is 7. The van der Waals surface area contributed by atoms with E-state index in [2.05, 4.69) is 17.1 Å². The highest BCUT2D eigenvalue weighted by atomic mass is 16.5. The van der Waals surface area contributed by atoms with Crippen LogP contribution < -0.4 is 5.32 Å². The smallest absolute Gasteiger partial charge is 0.317 e. The number of phenolic OH excluding ortho intramolecular Hbond substituents is 1. The van der Waals surface area contributed by atoms with E-state index in [1.165, 1.54) is 12.8 Å². The molecule has 2 amide bonds. The van der Waals surface area contributed by atoms with Gasteiger partial charge in [-0.3, -0.25) is 0 Å². The van der Waals surface area contributed by atoms with Gasteiger partial charge in [0.2, 0.25) is 0 Å². The van der Waals surface area contributed by atoms with Gasteiger partial charge in [-0.05, 0) is 50.8 Å². The Morgan fingerprint density at radius 2 is 2.07 bits per heavy atom. The van der Waals surface area contributed by atoms with Gasteiger partial charge >= 0.3 is 6.03 Å². The summed E-state index contributed by atoms with van der Waals surface area (Å²) in [6, 6.07) is 7.12. The zero-order valence-electron chi connectivity index (χ0n) is 16.4. The number of amides is 2. The van der Waals surface area contributed by atoms with Crippen LogP contribution in [-0.2, 0) is 11.3 Å².